The van der Waals surface area contributed by atoms with Crippen molar-refractivity contribution in [3.05, 3.63) is 119 Å². The zero-order chi connectivity index (χ0) is 24.4. The Balaban J connectivity index is 1.36. The molecule has 6 heteroatoms. The van der Waals surface area contributed by atoms with Gasteiger partial charge in [0, 0.05) is 27.8 Å². The summed E-state index contributed by atoms with van der Waals surface area (Å²) in [5, 5.41) is 10.1. The van der Waals surface area contributed by atoms with Crippen molar-refractivity contribution in [1.29, 1.82) is 5.26 Å². The molecule has 7 rings (SSSR count). The Labute approximate surface area is 207 Å². The molecule has 2 heterocycles. The van der Waals surface area contributed by atoms with Crippen molar-refractivity contribution >= 4 is 43.8 Å². The number of nitrogens with zero attached hydrogens (tertiary/aromatic N) is 3. The molecule has 2 aliphatic rings. The number of sulfone groups is 1. The number of aliphatic imine (C=N–C) groups is 1. The summed E-state index contributed by atoms with van der Waals surface area (Å²) in [5.74, 6) is 0. The number of para-hydroxylation sites is 2. The van der Waals surface area contributed by atoms with E-state index in [1.807, 2.05) is 48.5 Å². The second kappa shape index (κ2) is 7.38. The van der Waals surface area contributed by atoms with Crippen LogP contribution < -0.4 is 0 Å². The van der Waals surface area contributed by atoms with Crippen LogP contribution in [-0.2, 0) is 9.84 Å². The Morgan fingerprint density at radius 3 is 2.19 bits per heavy atom. The fourth-order valence-electron chi connectivity index (χ4n) is 5.11. The molecule has 0 radical (unpaired) electrons. The van der Waals surface area contributed by atoms with E-state index in [2.05, 4.69) is 28.8 Å². The monoisotopic (exact) mass is 483 g/mol. The summed E-state index contributed by atoms with van der Waals surface area (Å²) in [6, 6.07) is 31.3. The summed E-state index contributed by atoms with van der Waals surface area (Å²) >= 11 is 0. The summed E-state index contributed by atoms with van der Waals surface area (Å²) in [6.45, 7) is 0. The lowest BCUT2D eigenvalue weighted by Gasteiger charge is -2.12. The highest BCUT2D eigenvalue weighted by Gasteiger charge is 2.33. The molecule has 170 valence electrons. The molecular weight excluding hydrogens is 466 g/mol. The molecule has 0 amide bonds. The smallest absolute Gasteiger partial charge is 0.206 e. The molecule has 0 bridgehead atoms. The van der Waals surface area contributed by atoms with Crippen molar-refractivity contribution in [2.45, 2.75) is 9.79 Å². The SMILES string of the molecule is N#Cc1ccc(S(=O)(=O)c2ccc(-n3c4c(c5ccccc53)C=C3C4=Nc4ccccc43)cc2)cc1. The number of rotatable bonds is 3. The lowest BCUT2D eigenvalue weighted by molar-refractivity contribution is 0.596. The van der Waals surface area contributed by atoms with E-state index in [-0.39, 0.29) is 9.79 Å². The standard InChI is InChI=1S/C30H17N3O2S/c31-18-19-9-13-21(14-10-19)36(34,35)22-15-11-20(12-16-22)33-28-8-4-2-6-24(28)26-17-25-23-5-1-3-7-27(23)32-29(25)30(26)33/h1-17H. The van der Waals surface area contributed by atoms with E-state index in [0.717, 1.165) is 50.4 Å². The predicted molar refractivity (Wildman–Crippen MR) is 140 cm³/mol. The molecule has 0 N–H and O–H groups in total. The number of fused-ring (bicyclic) bond motifs is 7. The summed E-state index contributed by atoms with van der Waals surface area (Å²) < 4.78 is 28.5. The third-order valence-electron chi connectivity index (χ3n) is 6.81. The molecule has 1 aromatic heterocycles. The number of hydrogen-bond donors (Lipinski definition) is 0. The van der Waals surface area contributed by atoms with E-state index in [9.17, 15) is 8.42 Å². The first kappa shape index (κ1) is 20.6. The first-order valence-corrected chi connectivity index (χ1v) is 12.9. The van der Waals surface area contributed by atoms with Gasteiger partial charge in [-0.2, -0.15) is 5.26 Å². The van der Waals surface area contributed by atoms with Crippen molar-refractivity contribution in [1.82, 2.24) is 4.57 Å². The number of allylic oxidation sites excluding steroid dienone is 1. The number of benzene rings is 4. The molecule has 0 fully saturated rings. The zero-order valence-electron chi connectivity index (χ0n) is 18.9. The van der Waals surface area contributed by atoms with Crippen LogP contribution in [0, 0.1) is 11.3 Å². The van der Waals surface area contributed by atoms with E-state index < -0.39 is 9.84 Å². The maximum absolute atomic E-state index is 13.2. The minimum atomic E-state index is -3.71. The van der Waals surface area contributed by atoms with Crippen LogP contribution in [0.3, 0.4) is 0 Å². The lowest BCUT2D eigenvalue weighted by Crippen LogP contribution is -2.07. The van der Waals surface area contributed by atoms with Crippen LogP contribution in [0.4, 0.5) is 5.69 Å². The van der Waals surface area contributed by atoms with Crippen LogP contribution >= 0.6 is 0 Å². The van der Waals surface area contributed by atoms with Crippen LogP contribution in [0.2, 0.25) is 0 Å². The minimum Gasteiger partial charge on any atom is -0.307 e. The van der Waals surface area contributed by atoms with Gasteiger partial charge >= 0.3 is 0 Å². The fraction of sp³-hybridized carbons (Fsp3) is 0. The van der Waals surface area contributed by atoms with Crippen LogP contribution in [0.15, 0.2) is 112 Å². The molecule has 0 atom stereocenters. The average molecular weight is 484 g/mol. The van der Waals surface area contributed by atoms with Crippen LogP contribution in [0.5, 0.6) is 0 Å². The summed E-state index contributed by atoms with van der Waals surface area (Å²) in [5.41, 5.74) is 8.62. The molecule has 0 spiro atoms. The Bertz CT molecular complexity index is 1940. The van der Waals surface area contributed by atoms with Gasteiger partial charge in [0.15, 0.2) is 0 Å². The molecule has 36 heavy (non-hydrogen) atoms. The van der Waals surface area contributed by atoms with Crippen molar-refractivity contribution in [2.24, 2.45) is 4.99 Å². The first-order valence-electron chi connectivity index (χ1n) is 11.5. The molecule has 5 aromatic rings. The largest absolute Gasteiger partial charge is 0.307 e. The molecule has 1 aliphatic carbocycles. The van der Waals surface area contributed by atoms with Gasteiger partial charge in [0.05, 0.1) is 44.0 Å². The normalized spacial score (nSPS) is 13.5. The highest BCUT2D eigenvalue weighted by Crippen LogP contribution is 2.46. The van der Waals surface area contributed by atoms with Gasteiger partial charge in [-0.05, 0) is 66.7 Å². The van der Waals surface area contributed by atoms with E-state index in [1.165, 1.54) is 24.3 Å². The van der Waals surface area contributed by atoms with Gasteiger partial charge in [-0.25, -0.2) is 13.4 Å². The number of nitriles is 1. The van der Waals surface area contributed by atoms with Crippen LogP contribution in [0.1, 0.15) is 22.4 Å². The highest BCUT2D eigenvalue weighted by atomic mass is 32.2. The van der Waals surface area contributed by atoms with E-state index in [4.69, 9.17) is 10.3 Å². The molecule has 0 unspecified atom stereocenters. The van der Waals surface area contributed by atoms with Gasteiger partial charge < -0.3 is 4.57 Å². The van der Waals surface area contributed by atoms with Crippen molar-refractivity contribution in [2.75, 3.05) is 0 Å². The van der Waals surface area contributed by atoms with E-state index >= 15 is 0 Å². The van der Waals surface area contributed by atoms with Crippen molar-refractivity contribution in [3.8, 4) is 11.8 Å². The van der Waals surface area contributed by atoms with Crippen LogP contribution in [0.25, 0.3) is 28.2 Å². The topological polar surface area (TPSA) is 75.2 Å². The summed E-state index contributed by atoms with van der Waals surface area (Å²) in [6.07, 6.45) is 2.21. The highest BCUT2D eigenvalue weighted by molar-refractivity contribution is 7.91. The average Bonchev–Trinajstić information content (AvgIpc) is 3.56. The number of aromatic nitrogens is 1. The Morgan fingerprint density at radius 2 is 1.44 bits per heavy atom. The second-order valence-electron chi connectivity index (χ2n) is 8.78. The van der Waals surface area contributed by atoms with Gasteiger partial charge in [0.2, 0.25) is 9.84 Å². The van der Waals surface area contributed by atoms with Gasteiger partial charge in [0.1, 0.15) is 0 Å². The third kappa shape index (κ3) is 2.81. The lowest BCUT2D eigenvalue weighted by atomic mass is 10.1. The number of hydrogen-bond acceptors (Lipinski definition) is 4. The Hall–Kier alpha value is -4.73. The van der Waals surface area contributed by atoms with Gasteiger partial charge in [0.25, 0.3) is 0 Å². The second-order valence-corrected chi connectivity index (χ2v) is 10.7. The van der Waals surface area contributed by atoms with Crippen LogP contribution in [-0.4, -0.2) is 18.7 Å². The van der Waals surface area contributed by atoms with Gasteiger partial charge in [-0.3, -0.25) is 0 Å². The molecular formula is C30H17N3O2S. The maximum Gasteiger partial charge on any atom is 0.206 e. The Kier molecular flexibility index (Phi) is 4.23. The maximum atomic E-state index is 13.2. The first-order chi connectivity index (χ1) is 17.6. The van der Waals surface area contributed by atoms with Crippen molar-refractivity contribution in [3.63, 3.8) is 0 Å². The fourth-order valence-corrected chi connectivity index (χ4v) is 6.37. The third-order valence-corrected chi connectivity index (χ3v) is 8.59. The van der Waals surface area contributed by atoms with E-state index in [0.29, 0.717) is 5.56 Å². The Morgan fingerprint density at radius 1 is 0.778 bits per heavy atom. The van der Waals surface area contributed by atoms with Gasteiger partial charge in [-0.15, -0.1) is 0 Å². The zero-order valence-corrected chi connectivity index (χ0v) is 19.7. The molecule has 4 aromatic carbocycles. The molecule has 5 nitrogen and oxygen atoms in total. The minimum absolute atomic E-state index is 0.161. The van der Waals surface area contributed by atoms with Gasteiger partial charge in [-0.1, -0.05) is 36.4 Å². The summed E-state index contributed by atoms with van der Waals surface area (Å²) in [7, 11) is -3.71. The van der Waals surface area contributed by atoms with E-state index in [1.54, 1.807) is 12.1 Å². The predicted octanol–water partition coefficient (Wildman–Crippen LogP) is 6.32. The summed E-state index contributed by atoms with van der Waals surface area (Å²) in [4.78, 5) is 5.32. The molecule has 0 saturated carbocycles. The van der Waals surface area contributed by atoms with Crippen molar-refractivity contribution < 1.29 is 8.42 Å². The molecule has 1 aliphatic heterocycles. The molecule has 0 saturated heterocycles. The quantitative estimate of drug-likeness (QED) is 0.301.